The SMILES string of the molecule is COc1ccc(CCn2c(COc3ccc(C)cc3C)nc3ccc(Cl)cc32)cc1OC. The van der Waals surface area contributed by atoms with Crippen molar-refractivity contribution < 1.29 is 14.2 Å². The Kier molecular flexibility index (Phi) is 6.56. The molecule has 0 aliphatic carbocycles. The Hall–Kier alpha value is -3.18. The molecular weight excluding hydrogens is 424 g/mol. The quantitative estimate of drug-likeness (QED) is 0.323. The van der Waals surface area contributed by atoms with E-state index in [1.807, 2.05) is 36.4 Å². The molecule has 4 aromatic rings. The Balaban J connectivity index is 1.61. The van der Waals surface area contributed by atoms with Crippen LogP contribution >= 0.6 is 11.6 Å². The summed E-state index contributed by atoms with van der Waals surface area (Å²) in [6, 6.07) is 18.0. The van der Waals surface area contributed by atoms with Crippen LogP contribution in [0.25, 0.3) is 11.0 Å². The fourth-order valence-corrected chi connectivity index (χ4v) is 4.05. The number of fused-ring (bicyclic) bond motifs is 1. The predicted octanol–water partition coefficient (Wildman–Crippen LogP) is 6.15. The van der Waals surface area contributed by atoms with Crippen LogP contribution in [-0.4, -0.2) is 23.8 Å². The molecule has 0 saturated carbocycles. The minimum absolute atomic E-state index is 0.377. The second-order valence-electron chi connectivity index (χ2n) is 7.81. The van der Waals surface area contributed by atoms with Gasteiger partial charge >= 0.3 is 0 Å². The first kappa shape index (κ1) is 22.0. The van der Waals surface area contributed by atoms with E-state index in [0.717, 1.165) is 58.2 Å². The third kappa shape index (κ3) is 4.68. The van der Waals surface area contributed by atoms with Gasteiger partial charge in [-0.1, -0.05) is 35.4 Å². The molecule has 0 fully saturated rings. The molecule has 4 rings (SSSR count). The number of nitrogens with zero attached hydrogens (tertiary/aromatic N) is 2. The second-order valence-corrected chi connectivity index (χ2v) is 8.25. The van der Waals surface area contributed by atoms with Crippen molar-refractivity contribution in [2.45, 2.75) is 33.4 Å². The van der Waals surface area contributed by atoms with Gasteiger partial charge in [-0.25, -0.2) is 4.98 Å². The fourth-order valence-electron chi connectivity index (χ4n) is 3.89. The maximum atomic E-state index is 6.30. The Morgan fingerprint density at radius 3 is 2.41 bits per heavy atom. The number of aromatic nitrogens is 2. The lowest BCUT2D eigenvalue weighted by atomic mass is 10.1. The van der Waals surface area contributed by atoms with Crippen LogP contribution in [0.4, 0.5) is 0 Å². The number of benzene rings is 3. The molecule has 166 valence electrons. The molecular formula is C26H27ClN2O3. The highest BCUT2D eigenvalue weighted by molar-refractivity contribution is 6.31. The van der Waals surface area contributed by atoms with Gasteiger partial charge in [0.1, 0.15) is 18.2 Å². The number of rotatable bonds is 8. The lowest BCUT2D eigenvalue weighted by Crippen LogP contribution is -2.09. The summed E-state index contributed by atoms with van der Waals surface area (Å²) >= 11 is 6.30. The number of halogens is 1. The molecule has 0 aliphatic heterocycles. The maximum Gasteiger partial charge on any atom is 0.160 e. The lowest BCUT2D eigenvalue weighted by Gasteiger charge is -2.13. The van der Waals surface area contributed by atoms with E-state index in [9.17, 15) is 0 Å². The fraction of sp³-hybridized carbons (Fsp3) is 0.269. The van der Waals surface area contributed by atoms with E-state index < -0.39 is 0 Å². The van der Waals surface area contributed by atoms with E-state index >= 15 is 0 Å². The third-order valence-corrected chi connectivity index (χ3v) is 5.78. The minimum atomic E-state index is 0.377. The predicted molar refractivity (Wildman–Crippen MR) is 128 cm³/mol. The van der Waals surface area contributed by atoms with E-state index in [-0.39, 0.29) is 0 Å². The summed E-state index contributed by atoms with van der Waals surface area (Å²) in [6.45, 7) is 5.25. The van der Waals surface area contributed by atoms with Crippen LogP contribution in [0.1, 0.15) is 22.5 Å². The Morgan fingerprint density at radius 2 is 1.66 bits per heavy atom. The van der Waals surface area contributed by atoms with Crippen molar-refractivity contribution in [2.24, 2.45) is 0 Å². The number of ether oxygens (including phenoxy) is 3. The van der Waals surface area contributed by atoms with Gasteiger partial charge in [-0.3, -0.25) is 0 Å². The zero-order valence-electron chi connectivity index (χ0n) is 18.8. The highest BCUT2D eigenvalue weighted by Gasteiger charge is 2.14. The first-order valence-corrected chi connectivity index (χ1v) is 10.9. The molecule has 3 aromatic carbocycles. The van der Waals surface area contributed by atoms with Crippen molar-refractivity contribution in [1.29, 1.82) is 0 Å². The zero-order chi connectivity index (χ0) is 22.7. The van der Waals surface area contributed by atoms with Gasteiger partial charge in [0.2, 0.25) is 0 Å². The number of hydrogen-bond donors (Lipinski definition) is 0. The molecule has 0 bridgehead atoms. The molecule has 6 heteroatoms. The maximum absolute atomic E-state index is 6.30. The highest BCUT2D eigenvalue weighted by atomic mass is 35.5. The van der Waals surface area contributed by atoms with Gasteiger partial charge in [-0.05, 0) is 67.8 Å². The van der Waals surface area contributed by atoms with Gasteiger partial charge in [0, 0.05) is 11.6 Å². The van der Waals surface area contributed by atoms with E-state index in [2.05, 4.69) is 36.6 Å². The topological polar surface area (TPSA) is 45.5 Å². The van der Waals surface area contributed by atoms with Gasteiger partial charge in [-0.2, -0.15) is 0 Å². The number of methoxy groups -OCH3 is 2. The number of imidazole rings is 1. The van der Waals surface area contributed by atoms with Crippen molar-refractivity contribution >= 4 is 22.6 Å². The van der Waals surface area contributed by atoms with Crippen molar-refractivity contribution in [3.8, 4) is 17.2 Å². The first-order chi connectivity index (χ1) is 15.5. The summed E-state index contributed by atoms with van der Waals surface area (Å²) in [6.07, 6.45) is 0.800. The van der Waals surface area contributed by atoms with Gasteiger partial charge in [0.25, 0.3) is 0 Å². The summed E-state index contributed by atoms with van der Waals surface area (Å²) in [5.74, 6) is 3.18. The van der Waals surface area contributed by atoms with Gasteiger partial charge in [0.05, 0.1) is 25.3 Å². The van der Waals surface area contributed by atoms with Crippen LogP contribution in [-0.2, 0) is 19.6 Å². The van der Waals surface area contributed by atoms with E-state index in [4.69, 9.17) is 30.8 Å². The van der Waals surface area contributed by atoms with E-state index in [1.165, 1.54) is 5.56 Å². The van der Waals surface area contributed by atoms with Gasteiger partial charge in [0.15, 0.2) is 11.5 Å². The van der Waals surface area contributed by atoms with Crippen LogP contribution in [0, 0.1) is 13.8 Å². The Morgan fingerprint density at radius 1 is 0.875 bits per heavy atom. The Bertz CT molecular complexity index is 1250. The average molecular weight is 451 g/mol. The monoisotopic (exact) mass is 450 g/mol. The van der Waals surface area contributed by atoms with Crippen LogP contribution in [0.15, 0.2) is 54.6 Å². The molecule has 0 aliphatic rings. The molecule has 32 heavy (non-hydrogen) atoms. The van der Waals surface area contributed by atoms with E-state index in [0.29, 0.717) is 11.6 Å². The molecule has 1 aromatic heterocycles. The number of aryl methyl sites for hydroxylation is 4. The normalized spacial score (nSPS) is 11.0. The smallest absolute Gasteiger partial charge is 0.160 e. The van der Waals surface area contributed by atoms with Crippen molar-refractivity contribution in [3.63, 3.8) is 0 Å². The largest absolute Gasteiger partial charge is 0.493 e. The standard InChI is InChI=1S/C26H27ClN2O3/c1-17-5-9-23(18(2)13-17)32-16-26-28-21-8-7-20(27)15-22(21)29(26)12-11-19-6-10-24(30-3)25(14-19)31-4/h5-10,13-15H,11-12,16H2,1-4H3. The molecule has 1 heterocycles. The molecule has 0 atom stereocenters. The molecule has 0 radical (unpaired) electrons. The second kappa shape index (κ2) is 9.53. The minimum Gasteiger partial charge on any atom is -0.493 e. The van der Waals surface area contributed by atoms with Crippen molar-refractivity contribution in [1.82, 2.24) is 9.55 Å². The van der Waals surface area contributed by atoms with Crippen molar-refractivity contribution in [3.05, 3.63) is 82.1 Å². The number of hydrogen-bond acceptors (Lipinski definition) is 4. The third-order valence-electron chi connectivity index (χ3n) is 5.55. The zero-order valence-corrected chi connectivity index (χ0v) is 19.6. The molecule has 0 unspecified atom stereocenters. The molecule has 0 amide bonds. The lowest BCUT2D eigenvalue weighted by molar-refractivity contribution is 0.288. The molecule has 0 saturated heterocycles. The summed E-state index contributed by atoms with van der Waals surface area (Å²) in [4.78, 5) is 4.82. The Labute approximate surface area is 193 Å². The van der Waals surface area contributed by atoms with Gasteiger partial charge < -0.3 is 18.8 Å². The van der Waals surface area contributed by atoms with Crippen LogP contribution in [0.3, 0.4) is 0 Å². The van der Waals surface area contributed by atoms with Crippen molar-refractivity contribution in [2.75, 3.05) is 14.2 Å². The summed E-state index contributed by atoms with van der Waals surface area (Å²) < 4.78 is 19.1. The van der Waals surface area contributed by atoms with Crippen LogP contribution in [0.2, 0.25) is 5.02 Å². The highest BCUT2D eigenvalue weighted by Crippen LogP contribution is 2.29. The molecule has 0 spiro atoms. The average Bonchev–Trinajstić information content (AvgIpc) is 3.13. The molecule has 5 nitrogen and oxygen atoms in total. The first-order valence-electron chi connectivity index (χ1n) is 10.5. The summed E-state index contributed by atoms with van der Waals surface area (Å²) in [5, 5.41) is 0.687. The molecule has 0 N–H and O–H groups in total. The van der Waals surface area contributed by atoms with Crippen LogP contribution in [0.5, 0.6) is 17.2 Å². The van der Waals surface area contributed by atoms with Gasteiger partial charge in [-0.15, -0.1) is 0 Å². The van der Waals surface area contributed by atoms with Crippen LogP contribution < -0.4 is 14.2 Å². The van der Waals surface area contributed by atoms with E-state index in [1.54, 1.807) is 14.2 Å². The summed E-state index contributed by atoms with van der Waals surface area (Å²) in [5.41, 5.74) is 5.37. The summed E-state index contributed by atoms with van der Waals surface area (Å²) in [7, 11) is 3.29.